The van der Waals surface area contributed by atoms with Crippen LogP contribution in [0.2, 0.25) is 0 Å². The summed E-state index contributed by atoms with van der Waals surface area (Å²) in [5.74, 6) is 1.59. The van der Waals surface area contributed by atoms with Crippen LogP contribution in [-0.2, 0) is 17.8 Å². The van der Waals surface area contributed by atoms with Gasteiger partial charge in [0.05, 0.1) is 19.7 Å². The lowest BCUT2D eigenvalue weighted by Gasteiger charge is -2.07. The van der Waals surface area contributed by atoms with E-state index < -0.39 is 0 Å². The summed E-state index contributed by atoms with van der Waals surface area (Å²) >= 11 is 0. The third-order valence-electron chi connectivity index (χ3n) is 3.02. The molecule has 1 aliphatic rings. The Morgan fingerprint density at radius 1 is 1.39 bits per heavy atom. The molecule has 1 heterocycles. The smallest absolute Gasteiger partial charge is 0.165 e. The minimum absolute atomic E-state index is 0.675. The molecule has 0 amide bonds. The third-order valence-corrected chi connectivity index (χ3v) is 3.02. The average Bonchev–Trinajstić information content (AvgIpc) is 3.06. The minimum atomic E-state index is 0.675. The van der Waals surface area contributed by atoms with E-state index in [9.17, 15) is 0 Å². The van der Waals surface area contributed by atoms with Crippen LogP contribution in [0.1, 0.15) is 38.9 Å². The normalized spacial score (nSPS) is 15.5. The van der Waals surface area contributed by atoms with Gasteiger partial charge in [-0.2, -0.15) is 0 Å². The van der Waals surface area contributed by atoms with E-state index >= 15 is 0 Å². The van der Waals surface area contributed by atoms with Gasteiger partial charge in [0.1, 0.15) is 0 Å². The Kier molecular flexibility index (Phi) is 5.07. The van der Waals surface area contributed by atoms with Crippen molar-refractivity contribution in [3.63, 3.8) is 0 Å². The molecule has 18 heavy (non-hydrogen) atoms. The summed E-state index contributed by atoms with van der Waals surface area (Å²) in [5, 5.41) is 15.1. The number of hydrogen-bond acceptors (Lipinski definition) is 5. The summed E-state index contributed by atoms with van der Waals surface area (Å²) < 4.78 is 7.40. The van der Waals surface area contributed by atoms with Crippen LogP contribution in [0, 0.1) is 5.92 Å². The summed E-state index contributed by atoms with van der Waals surface area (Å²) in [7, 11) is 0. The van der Waals surface area contributed by atoms with Crippen LogP contribution < -0.4 is 5.32 Å². The van der Waals surface area contributed by atoms with E-state index in [0.29, 0.717) is 18.6 Å². The van der Waals surface area contributed by atoms with Gasteiger partial charge in [-0.3, -0.25) is 0 Å². The largest absolute Gasteiger partial charge is 0.380 e. The van der Waals surface area contributed by atoms with Crippen LogP contribution in [-0.4, -0.2) is 39.5 Å². The first kappa shape index (κ1) is 13.4. The highest BCUT2D eigenvalue weighted by molar-refractivity contribution is 4.86. The second-order valence-corrected chi connectivity index (χ2v) is 5.27. The van der Waals surface area contributed by atoms with E-state index in [-0.39, 0.29) is 0 Å². The summed E-state index contributed by atoms with van der Waals surface area (Å²) in [6, 6.07) is 0.678. The lowest BCUT2D eigenvalue weighted by molar-refractivity contribution is 0.113. The molecular weight excluding hydrogens is 230 g/mol. The van der Waals surface area contributed by atoms with Gasteiger partial charge in [0.25, 0.3) is 0 Å². The van der Waals surface area contributed by atoms with E-state index in [2.05, 4.69) is 34.7 Å². The van der Waals surface area contributed by atoms with Gasteiger partial charge in [-0.25, -0.2) is 4.68 Å². The van der Waals surface area contributed by atoms with Crippen molar-refractivity contribution in [3.8, 4) is 0 Å². The number of aromatic nitrogens is 4. The number of rotatable bonds is 9. The Morgan fingerprint density at radius 3 is 2.94 bits per heavy atom. The molecule has 1 N–H and O–H groups in total. The van der Waals surface area contributed by atoms with Crippen LogP contribution in [0.3, 0.4) is 0 Å². The number of nitrogens with one attached hydrogen (secondary N) is 1. The second kappa shape index (κ2) is 6.80. The van der Waals surface area contributed by atoms with Gasteiger partial charge in [-0.05, 0) is 35.6 Å². The molecule has 0 aromatic carbocycles. The monoisotopic (exact) mass is 253 g/mol. The van der Waals surface area contributed by atoms with E-state index in [4.69, 9.17) is 4.74 Å². The zero-order valence-electron chi connectivity index (χ0n) is 11.3. The first-order valence-electron chi connectivity index (χ1n) is 6.82. The van der Waals surface area contributed by atoms with Crippen molar-refractivity contribution in [2.24, 2.45) is 5.92 Å². The fourth-order valence-corrected chi connectivity index (χ4v) is 1.62. The lowest BCUT2D eigenvalue weighted by Crippen LogP contribution is -2.20. The van der Waals surface area contributed by atoms with E-state index in [1.165, 1.54) is 12.8 Å². The van der Waals surface area contributed by atoms with Gasteiger partial charge in [0.2, 0.25) is 0 Å². The molecule has 6 nitrogen and oxygen atoms in total. The topological polar surface area (TPSA) is 64.9 Å². The quantitative estimate of drug-likeness (QED) is 0.665. The summed E-state index contributed by atoms with van der Waals surface area (Å²) in [5.41, 5.74) is 0. The van der Waals surface area contributed by atoms with Crippen LogP contribution >= 0.6 is 0 Å². The molecular formula is C12H23N5O. The van der Waals surface area contributed by atoms with Crippen molar-refractivity contribution in [2.75, 3.05) is 13.2 Å². The Labute approximate surface area is 108 Å². The molecule has 0 unspecified atom stereocenters. The maximum Gasteiger partial charge on any atom is 0.165 e. The summed E-state index contributed by atoms with van der Waals surface area (Å²) in [6.07, 6.45) is 3.66. The molecule has 102 valence electrons. The molecule has 6 heteroatoms. The van der Waals surface area contributed by atoms with Crippen molar-refractivity contribution >= 4 is 0 Å². The van der Waals surface area contributed by atoms with Crippen molar-refractivity contribution < 1.29 is 4.74 Å². The molecule has 1 fully saturated rings. The molecule has 0 bridgehead atoms. The molecule has 0 radical (unpaired) electrons. The highest BCUT2D eigenvalue weighted by atomic mass is 16.5. The predicted octanol–water partition coefficient (Wildman–Crippen LogP) is 0.988. The molecule has 1 aromatic rings. The van der Waals surface area contributed by atoms with Gasteiger partial charge in [-0.1, -0.05) is 13.8 Å². The van der Waals surface area contributed by atoms with E-state index in [1.54, 1.807) is 0 Å². The molecule has 1 aliphatic carbocycles. The number of ether oxygens (including phenoxy) is 1. The molecule has 2 rings (SSSR count). The molecule has 0 aliphatic heterocycles. The lowest BCUT2D eigenvalue weighted by atomic mass is 10.1. The Morgan fingerprint density at radius 2 is 2.22 bits per heavy atom. The number of hydrogen-bond donors (Lipinski definition) is 1. The van der Waals surface area contributed by atoms with Crippen LogP contribution in [0.4, 0.5) is 0 Å². The maximum atomic E-state index is 5.57. The Balaban J connectivity index is 1.63. The van der Waals surface area contributed by atoms with Crippen molar-refractivity contribution in [3.05, 3.63) is 5.82 Å². The first-order valence-corrected chi connectivity index (χ1v) is 6.82. The zero-order chi connectivity index (χ0) is 12.8. The molecule has 0 spiro atoms. The Hall–Kier alpha value is -1.01. The van der Waals surface area contributed by atoms with Crippen LogP contribution in [0.25, 0.3) is 0 Å². The zero-order valence-corrected chi connectivity index (χ0v) is 11.3. The highest BCUT2D eigenvalue weighted by Gasteiger charge is 2.21. The van der Waals surface area contributed by atoms with Gasteiger partial charge >= 0.3 is 0 Å². The molecule has 1 saturated carbocycles. The SMILES string of the molecule is CC(C)CCOCCn1nnnc1CNC1CC1. The third kappa shape index (κ3) is 4.70. The second-order valence-electron chi connectivity index (χ2n) is 5.27. The molecule has 1 aromatic heterocycles. The summed E-state index contributed by atoms with van der Waals surface area (Å²) in [4.78, 5) is 0. The van der Waals surface area contributed by atoms with Crippen molar-refractivity contribution in [2.45, 2.75) is 52.2 Å². The van der Waals surface area contributed by atoms with E-state index in [0.717, 1.165) is 31.9 Å². The van der Waals surface area contributed by atoms with E-state index in [1.807, 2.05) is 4.68 Å². The fourth-order valence-electron chi connectivity index (χ4n) is 1.62. The van der Waals surface area contributed by atoms with Gasteiger partial charge in [0.15, 0.2) is 5.82 Å². The molecule has 0 saturated heterocycles. The first-order chi connectivity index (χ1) is 8.75. The predicted molar refractivity (Wildman–Crippen MR) is 68.0 cm³/mol. The summed E-state index contributed by atoms with van der Waals surface area (Å²) in [6.45, 7) is 7.37. The van der Waals surface area contributed by atoms with Gasteiger partial charge < -0.3 is 10.1 Å². The minimum Gasteiger partial charge on any atom is -0.380 e. The van der Waals surface area contributed by atoms with Crippen molar-refractivity contribution in [1.29, 1.82) is 0 Å². The van der Waals surface area contributed by atoms with Gasteiger partial charge in [-0.15, -0.1) is 5.10 Å². The average molecular weight is 253 g/mol. The van der Waals surface area contributed by atoms with Gasteiger partial charge in [0, 0.05) is 12.6 Å². The maximum absolute atomic E-state index is 5.57. The van der Waals surface area contributed by atoms with Crippen molar-refractivity contribution in [1.82, 2.24) is 25.5 Å². The fraction of sp³-hybridized carbons (Fsp3) is 0.917. The highest BCUT2D eigenvalue weighted by Crippen LogP contribution is 2.18. The standard InChI is InChI=1S/C12H23N5O/c1-10(2)5-7-18-8-6-17-12(14-15-16-17)9-13-11-3-4-11/h10-11,13H,3-9H2,1-2H3. The number of nitrogens with zero attached hydrogens (tertiary/aromatic N) is 4. The number of tetrazole rings is 1. The van der Waals surface area contributed by atoms with Crippen LogP contribution in [0.15, 0.2) is 0 Å². The Bertz CT molecular complexity index is 348. The molecule has 0 atom stereocenters. The van der Waals surface area contributed by atoms with Crippen LogP contribution in [0.5, 0.6) is 0 Å².